The molecule has 4 fully saturated rings. The standard InChI is InChI=1S/C28H47NO/c1-18(2)9-8-10-19(3)21-11-12-22-26-20(4)17-24-28(6,16-14-25(30)29(24)7)23(26)13-15-27(21,22)5/h18-19,21-24,26H,4,8-17H2,1-3,5-7H3/t19?,21-,22?,23?,24-,26?,27-,28-/m1/s1. The van der Waals surface area contributed by atoms with Crippen LogP contribution in [0, 0.1) is 46.3 Å². The van der Waals surface area contributed by atoms with Gasteiger partial charge in [0.1, 0.15) is 0 Å². The van der Waals surface area contributed by atoms with E-state index in [9.17, 15) is 4.79 Å². The molecule has 3 aliphatic carbocycles. The Kier molecular flexibility index (Phi) is 5.95. The summed E-state index contributed by atoms with van der Waals surface area (Å²) in [6.07, 6.45) is 12.6. The molecule has 2 heteroatoms. The summed E-state index contributed by atoms with van der Waals surface area (Å²) in [5.41, 5.74) is 2.27. The molecule has 4 rings (SSSR count). The molecule has 30 heavy (non-hydrogen) atoms. The molecule has 0 radical (unpaired) electrons. The maximum atomic E-state index is 12.4. The van der Waals surface area contributed by atoms with Crippen LogP contribution >= 0.6 is 0 Å². The minimum Gasteiger partial charge on any atom is -0.342 e. The Balaban J connectivity index is 1.54. The Hall–Kier alpha value is -0.790. The monoisotopic (exact) mass is 413 g/mol. The van der Waals surface area contributed by atoms with Crippen LogP contribution < -0.4 is 0 Å². The molecule has 0 spiro atoms. The van der Waals surface area contributed by atoms with E-state index in [1.165, 1.54) is 50.5 Å². The summed E-state index contributed by atoms with van der Waals surface area (Å²) >= 11 is 0. The van der Waals surface area contributed by atoms with E-state index in [0.717, 1.165) is 48.9 Å². The molecule has 1 heterocycles. The molecule has 1 saturated heterocycles. The number of piperidine rings is 1. The lowest BCUT2D eigenvalue weighted by Crippen LogP contribution is -2.61. The summed E-state index contributed by atoms with van der Waals surface area (Å²) in [7, 11) is 2.05. The maximum absolute atomic E-state index is 12.4. The Morgan fingerprint density at radius 3 is 2.43 bits per heavy atom. The van der Waals surface area contributed by atoms with Gasteiger partial charge in [0.15, 0.2) is 0 Å². The summed E-state index contributed by atoms with van der Waals surface area (Å²) in [6.45, 7) is 17.1. The van der Waals surface area contributed by atoms with E-state index in [2.05, 4.69) is 53.1 Å². The number of amides is 1. The number of likely N-dealkylation sites (tertiary alicyclic amines) is 1. The zero-order valence-electron chi connectivity index (χ0n) is 20.7. The Morgan fingerprint density at radius 2 is 1.73 bits per heavy atom. The van der Waals surface area contributed by atoms with Gasteiger partial charge in [0.05, 0.1) is 0 Å². The summed E-state index contributed by atoms with van der Waals surface area (Å²) in [6, 6.07) is 0.379. The fraction of sp³-hybridized carbons (Fsp3) is 0.893. The fourth-order valence-corrected chi connectivity index (χ4v) is 9.00. The Morgan fingerprint density at radius 1 is 1.03 bits per heavy atom. The number of rotatable bonds is 5. The number of fused-ring (bicyclic) bond motifs is 5. The van der Waals surface area contributed by atoms with E-state index >= 15 is 0 Å². The summed E-state index contributed by atoms with van der Waals surface area (Å²) in [5, 5.41) is 0. The van der Waals surface area contributed by atoms with Crippen LogP contribution in [0.1, 0.15) is 98.8 Å². The molecule has 170 valence electrons. The third-order valence-corrected chi connectivity index (χ3v) is 10.7. The third-order valence-electron chi connectivity index (χ3n) is 10.7. The number of carbonyl (C=O) groups excluding carboxylic acids is 1. The van der Waals surface area contributed by atoms with Crippen molar-refractivity contribution >= 4 is 5.91 Å². The van der Waals surface area contributed by atoms with Crippen molar-refractivity contribution in [1.82, 2.24) is 4.90 Å². The highest BCUT2D eigenvalue weighted by Gasteiger charge is 2.62. The van der Waals surface area contributed by atoms with Crippen LogP contribution in [0.15, 0.2) is 12.2 Å². The predicted octanol–water partition coefficient (Wildman–Crippen LogP) is 7.09. The highest BCUT2D eigenvalue weighted by Crippen LogP contribution is 2.68. The maximum Gasteiger partial charge on any atom is 0.222 e. The smallest absolute Gasteiger partial charge is 0.222 e. The number of nitrogens with zero attached hydrogens (tertiary/aromatic N) is 1. The largest absolute Gasteiger partial charge is 0.342 e. The molecule has 0 N–H and O–H groups in total. The second-order valence-electron chi connectivity index (χ2n) is 12.7. The fourth-order valence-electron chi connectivity index (χ4n) is 9.00. The van der Waals surface area contributed by atoms with Gasteiger partial charge < -0.3 is 4.90 Å². The van der Waals surface area contributed by atoms with Gasteiger partial charge >= 0.3 is 0 Å². The van der Waals surface area contributed by atoms with Crippen molar-refractivity contribution in [2.75, 3.05) is 7.05 Å². The van der Waals surface area contributed by atoms with Crippen molar-refractivity contribution < 1.29 is 4.79 Å². The van der Waals surface area contributed by atoms with Crippen LogP contribution in [0.2, 0.25) is 0 Å². The number of carbonyl (C=O) groups is 1. The molecule has 0 aromatic carbocycles. The minimum absolute atomic E-state index is 0.289. The molecule has 4 aliphatic rings. The molecular weight excluding hydrogens is 366 g/mol. The average Bonchev–Trinajstić information content (AvgIpc) is 3.03. The Labute approximate surface area is 186 Å². The van der Waals surface area contributed by atoms with Crippen LogP contribution in [0.4, 0.5) is 0 Å². The quantitative estimate of drug-likeness (QED) is 0.440. The van der Waals surface area contributed by atoms with Crippen LogP contribution in [0.5, 0.6) is 0 Å². The normalized spacial score (nSPS) is 44.6. The second-order valence-corrected chi connectivity index (χ2v) is 12.7. The van der Waals surface area contributed by atoms with Crippen molar-refractivity contribution in [3.8, 4) is 0 Å². The SMILES string of the molecule is C=C1C[C@H]2N(C)C(=O)CC[C@]2(C)C2CC[C@@]3(C)C(CC[C@@H]3C(C)CCCC(C)C)C12. The van der Waals surface area contributed by atoms with E-state index in [4.69, 9.17) is 0 Å². The molecule has 0 aromatic heterocycles. The van der Waals surface area contributed by atoms with Gasteiger partial charge in [-0.3, -0.25) is 4.79 Å². The predicted molar refractivity (Wildman–Crippen MR) is 126 cm³/mol. The molecule has 1 amide bonds. The molecule has 2 nitrogen and oxygen atoms in total. The number of hydrogen-bond acceptors (Lipinski definition) is 1. The van der Waals surface area contributed by atoms with Gasteiger partial charge in [-0.25, -0.2) is 0 Å². The lowest BCUT2D eigenvalue weighted by molar-refractivity contribution is -0.152. The molecule has 4 unspecified atom stereocenters. The van der Waals surface area contributed by atoms with Crippen molar-refractivity contribution in [1.29, 1.82) is 0 Å². The zero-order valence-corrected chi connectivity index (χ0v) is 20.7. The molecule has 8 atom stereocenters. The van der Waals surface area contributed by atoms with Crippen LogP contribution in [0.3, 0.4) is 0 Å². The van der Waals surface area contributed by atoms with Crippen molar-refractivity contribution in [3.63, 3.8) is 0 Å². The van der Waals surface area contributed by atoms with Gasteiger partial charge in [0.25, 0.3) is 0 Å². The molecule has 0 aromatic rings. The third kappa shape index (κ3) is 3.39. The van der Waals surface area contributed by atoms with E-state index < -0.39 is 0 Å². The van der Waals surface area contributed by atoms with E-state index in [-0.39, 0.29) is 5.41 Å². The summed E-state index contributed by atoms with van der Waals surface area (Å²) in [4.78, 5) is 14.5. The van der Waals surface area contributed by atoms with Crippen LogP contribution in [0.25, 0.3) is 0 Å². The van der Waals surface area contributed by atoms with Gasteiger partial charge in [-0.15, -0.1) is 0 Å². The first kappa shape index (κ1) is 22.4. The van der Waals surface area contributed by atoms with Crippen LogP contribution in [-0.4, -0.2) is 23.9 Å². The van der Waals surface area contributed by atoms with Gasteiger partial charge in [0.2, 0.25) is 5.91 Å². The molecular formula is C28H47NO. The lowest BCUT2D eigenvalue weighted by atomic mass is 9.45. The molecule has 3 saturated carbocycles. The van der Waals surface area contributed by atoms with Crippen molar-refractivity contribution in [2.45, 2.75) is 105 Å². The molecule has 1 aliphatic heterocycles. The second kappa shape index (κ2) is 7.96. The lowest BCUT2D eigenvalue weighted by Gasteiger charge is -2.62. The summed E-state index contributed by atoms with van der Waals surface area (Å²) < 4.78 is 0. The summed E-state index contributed by atoms with van der Waals surface area (Å²) in [5.74, 6) is 5.17. The van der Waals surface area contributed by atoms with Gasteiger partial charge in [-0.05, 0) is 84.9 Å². The minimum atomic E-state index is 0.289. The number of hydrogen-bond donors (Lipinski definition) is 0. The van der Waals surface area contributed by atoms with Crippen molar-refractivity contribution in [2.24, 2.45) is 46.3 Å². The first-order valence-electron chi connectivity index (χ1n) is 13.0. The Bertz CT molecular complexity index is 682. The van der Waals surface area contributed by atoms with E-state index in [0.29, 0.717) is 23.3 Å². The highest BCUT2D eigenvalue weighted by molar-refractivity contribution is 5.77. The van der Waals surface area contributed by atoms with Crippen molar-refractivity contribution in [3.05, 3.63) is 12.2 Å². The highest BCUT2D eigenvalue weighted by atomic mass is 16.2. The molecule has 0 bridgehead atoms. The zero-order chi connectivity index (χ0) is 21.8. The first-order valence-corrected chi connectivity index (χ1v) is 13.0. The van der Waals surface area contributed by atoms with Crippen LogP contribution in [-0.2, 0) is 4.79 Å². The van der Waals surface area contributed by atoms with Gasteiger partial charge in [-0.2, -0.15) is 0 Å². The topological polar surface area (TPSA) is 20.3 Å². The van der Waals surface area contributed by atoms with E-state index in [1.54, 1.807) is 0 Å². The average molecular weight is 414 g/mol. The van der Waals surface area contributed by atoms with Gasteiger partial charge in [0, 0.05) is 19.5 Å². The van der Waals surface area contributed by atoms with E-state index in [1.807, 2.05) is 0 Å². The van der Waals surface area contributed by atoms with Gasteiger partial charge in [-0.1, -0.05) is 66.0 Å². The first-order chi connectivity index (χ1) is 14.1.